The number of likely N-dealkylation sites (N-methyl/N-ethyl adjacent to an activating group) is 1. The molecule has 0 saturated carbocycles. The Bertz CT molecular complexity index is 315. The fraction of sp³-hybridized carbons (Fsp3) is 0.455. The van der Waals surface area contributed by atoms with E-state index in [9.17, 15) is 0 Å². The Morgan fingerprint density at radius 1 is 1.40 bits per heavy atom. The molecule has 2 nitrogen and oxygen atoms in total. The van der Waals surface area contributed by atoms with Crippen molar-refractivity contribution in [2.75, 3.05) is 27.2 Å². The van der Waals surface area contributed by atoms with Crippen LogP contribution >= 0.6 is 34.2 Å². The Labute approximate surface area is 110 Å². The Morgan fingerprint density at radius 3 is 2.73 bits per heavy atom. The quantitative estimate of drug-likeness (QED) is 0.656. The molecular weight excluding hydrogens is 322 g/mol. The van der Waals surface area contributed by atoms with E-state index in [2.05, 4.69) is 53.0 Å². The van der Waals surface area contributed by atoms with Crippen molar-refractivity contribution < 1.29 is 0 Å². The summed E-state index contributed by atoms with van der Waals surface area (Å²) >= 11 is 8.27. The van der Waals surface area contributed by atoms with E-state index in [1.807, 2.05) is 12.1 Å². The van der Waals surface area contributed by atoms with E-state index in [0.29, 0.717) is 0 Å². The number of nitrogens with one attached hydrogen (secondary N) is 1. The molecule has 1 aromatic carbocycles. The molecule has 0 heterocycles. The third kappa shape index (κ3) is 5.15. The van der Waals surface area contributed by atoms with E-state index in [0.717, 1.165) is 28.2 Å². The summed E-state index contributed by atoms with van der Waals surface area (Å²) in [6.07, 6.45) is 0. The normalized spacial score (nSPS) is 11.0. The van der Waals surface area contributed by atoms with Gasteiger partial charge >= 0.3 is 0 Å². The highest BCUT2D eigenvalue weighted by Gasteiger charge is 1.98. The zero-order chi connectivity index (χ0) is 11.3. The van der Waals surface area contributed by atoms with E-state index >= 15 is 0 Å². The van der Waals surface area contributed by atoms with Crippen LogP contribution in [-0.2, 0) is 6.54 Å². The van der Waals surface area contributed by atoms with Gasteiger partial charge in [-0.05, 0) is 54.4 Å². The summed E-state index contributed by atoms with van der Waals surface area (Å²) in [5.41, 5.74) is 1.24. The largest absolute Gasteiger partial charge is 0.311 e. The standard InChI is InChI=1S/C11H16ClIN2/c1-15(2)6-5-14-8-9-3-4-11(13)10(12)7-9/h3-4,7,14H,5-6,8H2,1-2H3. The highest BCUT2D eigenvalue weighted by Crippen LogP contribution is 2.19. The predicted octanol–water partition coefficient (Wildman–Crippen LogP) is 2.60. The molecule has 4 heteroatoms. The van der Waals surface area contributed by atoms with Gasteiger partial charge in [0.2, 0.25) is 0 Å². The minimum atomic E-state index is 0.836. The molecule has 0 saturated heterocycles. The fourth-order valence-electron chi connectivity index (χ4n) is 1.18. The van der Waals surface area contributed by atoms with Gasteiger partial charge in [-0.15, -0.1) is 0 Å². The molecular formula is C11H16ClIN2. The smallest absolute Gasteiger partial charge is 0.0542 e. The number of hydrogen-bond acceptors (Lipinski definition) is 2. The number of rotatable bonds is 5. The van der Waals surface area contributed by atoms with Gasteiger partial charge in [-0.3, -0.25) is 0 Å². The van der Waals surface area contributed by atoms with Gasteiger partial charge in [0.05, 0.1) is 5.02 Å². The first-order valence-corrected chi connectivity index (χ1v) is 6.34. The highest BCUT2D eigenvalue weighted by molar-refractivity contribution is 14.1. The van der Waals surface area contributed by atoms with Crippen LogP contribution in [0.3, 0.4) is 0 Å². The number of halogens is 2. The van der Waals surface area contributed by atoms with Crippen molar-refractivity contribution in [1.82, 2.24) is 10.2 Å². The summed E-state index contributed by atoms with van der Waals surface area (Å²) in [7, 11) is 4.15. The van der Waals surface area contributed by atoms with E-state index in [-0.39, 0.29) is 0 Å². The van der Waals surface area contributed by atoms with E-state index in [1.54, 1.807) is 0 Å². The average molecular weight is 339 g/mol. The van der Waals surface area contributed by atoms with Crippen LogP contribution in [0, 0.1) is 3.57 Å². The summed E-state index contributed by atoms with van der Waals surface area (Å²) in [5, 5.41) is 4.21. The molecule has 0 aliphatic rings. The molecule has 0 amide bonds. The van der Waals surface area contributed by atoms with Gasteiger partial charge in [0.1, 0.15) is 0 Å². The topological polar surface area (TPSA) is 15.3 Å². The predicted molar refractivity (Wildman–Crippen MR) is 74.4 cm³/mol. The molecule has 84 valence electrons. The minimum Gasteiger partial charge on any atom is -0.311 e. The maximum atomic E-state index is 6.03. The van der Waals surface area contributed by atoms with Crippen LogP contribution in [0.25, 0.3) is 0 Å². The first kappa shape index (κ1) is 13.2. The van der Waals surface area contributed by atoms with E-state index in [4.69, 9.17) is 11.6 Å². The molecule has 0 bridgehead atoms. The van der Waals surface area contributed by atoms with Crippen LogP contribution in [0.5, 0.6) is 0 Å². The molecule has 0 spiro atoms. The monoisotopic (exact) mass is 338 g/mol. The number of nitrogens with zero attached hydrogens (tertiary/aromatic N) is 1. The van der Waals surface area contributed by atoms with Crippen molar-refractivity contribution in [2.24, 2.45) is 0 Å². The van der Waals surface area contributed by atoms with Gasteiger partial charge in [-0.2, -0.15) is 0 Å². The third-order valence-corrected chi connectivity index (χ3v) is 3.62. The molecule has 0 aromatic heterocycles. The molecule has 15 heavy (non-hydrogen) atoms. The lowest BCUT2D eigenvalue weighted by atomic mass is 10.2. The Hall–Kier alpha value is 0.160. The maximum absolute atomic E-state index is 6.03. The third-order valence-electron chi connectivity index (χ3n) is 2.05. The van der Waals surface area contributed by atoms with Gasteiger partial charge in [0, 0.05) is 23.2 Å². The van der Waals surface area contributed by atoms with Crippen LogP contribution in [0.2, 0.25) is 5.02 Å². The van der Waals surface area contributed by atoms with Gasteiger partial charge in [-0.25, -0.2) is 0 Å². The highest BCUT2D eigenvalue weighted by atomic mass is 127. The molecule has 0 aliphatic heterocycles. The molecule has 0 atom stereocenters. The zero-order valence-corrected chi connectivity index (χ0v) is 12.0. The zero-order valence-electron chi connectivity index (χ0n) is 9.06. The lowest BCUT2D eigenvalue weighted by Crippen LogP contribution is -2.26. The number of benzene rings is 1. The van der Waals surface area contributed by atoms with Gasteiger partial charge in [-0.1, -0.05) is 17.7 Å². The average Bonchev–Trinajstić information content (AvgIpc) is 2.18. The second-order valence-electron chi connectivity index (χ2n) is 3.73. The first-order valence-electron chi connectivity index (χ1n) is 4.89. The van der Waals surface area contributed by atoms with Crippen LogP contribution < -0.4 is 5.32 Å². The lowest BCUT2D eigenvalue weighted by Gasteiger charge is -2.10. The summed E-state index contributed by atoms with van der Waals surface area (Å²) in [4.78, 5) is 2.16. The van der Waals surface area contributed by atoms with Crippen LogP contribution in [0.15, 0.2) is 18.2 Å². The van der Waals surface area contributed by atoms with Crippen molar-refractivity contribution in [2.45, 2.75) is 6.54 Å². The second kappa shape index (κ2) is 6.68. The summed E-state index contributed by atoms with van der Waals surface area (Å²) < 4.78 is 1.10. The van der Waals surface area contributed by atoms with Crippen LogP contribution in [0.1, 0.15) is 5.56 Å². The first-order chi connectivity index (χ1) is 7.09. The Kier molecular flexibility index (Phi) is 5.89. The Morgan fingerprint density at radius 2 is 2.13 bits per heavy atom. The van der Waals surface area contributed by atoms with Gasteiger partial charge < -0.3 is 10.2 Å². The number of hydrogen-bond donors (Lipinski definition) is 1. The maximum Gasteiger partial charge on any atom is 0.0542 e. The molecule has 0 fully saturated rings. The van der Waals surface area contributed by atoms with Crippen molar-refractivity contribution in [1.29, 1.82) is 0 Å². The lowest BCUT2D eigenvalue weighted by molar-refractivity contribution is 0.400. The van der Waals surface area contributed by atoms with E-state index in [1.165, 1.54) is 5.56 Å². The minimum absolute atomic E-state index is 0.836. The molecule has 1 N–H and O–H groups in total. The van der Waals surface area contributed by atoms with Crippen LogP contribution in [-0.4, -0.2) is 32.1 Å². The van der Waals surface area contributed by atoms with E-state index < -0.39 is 0 Å². The molecule has 1 aromatic rings. The molecule has 0 aliphatic carbocycles. The fourth-order valence-corrected chi connectivity index (χ4v) is 1.72. The van der Waals surface area contributed by atoms with Gasteiger partial charge in [0.15, 0.2) is 0 Å². The van der Waals surface area contributed by atoms with Crippen LogP contribution in [0.4, 0.5) is 0 Å². The van der Waals surface area contributed by atoms with Crippen molar-refractivity contribution >= 4 is 34.2 Å². The summed E-state index contributed by atoms with van der Waals surface area (Å²) in [6, 6.07) is 6.17. The summed E-state index contributed by atoms with van der Waals surface area (Å²) in [6.45, 7) is 2.93. The Balaban J connectivity index is 2.35. The second-order valence-corrected chi connectivity index (χ2v) is 5.30. The van der Waals surface area contributed by atoms with Crippen molar-refractivity contribution in [3.05, 3.63) is 32.4 Å². The molecule has 0 radical (unpaired) electrons. The summed E-state index contributed by atoms with van der Waals surface area (Å²) in [5.74, 6) is 0. The molecule has 1 rings (SSSR count). The van der Waals surface area contributed by atoms with Gasteiger partial charge in [0.25, 0.3) is 0 Å². The molecule has 0 unspecified atom stereocenters. The van der Waals surface area contributed by atoms with Crippen molar-refractivity contribution in [3.63, 3.8) is 0 Å². The SMILES string of the molecule is CN(C)CCNCc1ccc(I)c(Cl)c1. The van der Waals surface area contributed by atoms with Crippen molar-refractivity contribution in [3.8, 4) is 0 Å².